The number of rotatable bonds is 6. The third kappa shape index (κ3) is 4.93. The first-order chi connectivity index (χ1) is 14.3. The van der Waals surface area contributed by atoms with Crippen LogP contribution < -0.4 is 0 Å². The third-order valence-electron chi connectivity index (χ3n) is 8.60. The number of aliphatic hydroxyl groups excluding tert-OH is 1. The lowest BCUT2D eigenvalue weighted by Crippen LogP contribution is -2.35. The summed E-state index contributed by atoms with van der Waals surface area (Å²) in [5, 5.41) is 10.1. The monoisotopic (exact) mass is 408 g/mol. The third-order valence-corrected chi connectivity index (χ3v) is 8.60. The SMILES string of the molecule is C=CC1=CC[C@H](O)C/C1=C\C=C1/CCC[C@]2(C)[C@@H]([C@H](C)/C=C/[C@H](C)C(C)C)CC[C@@H]12. The number of fused-ring (bicyclic) bond motifs is 1. The summed E-state index contributed by atoms with van der Waals surface area (Å²) in [6, 6.07) is 0. The predicted octanol–water partition coefficient (Wildman–Crippen LogP) is 7.81. The topological polar surface area (TPSA) is 20.2 Å². The highest BCUT2D eigenvalue weighted by Gasteiger charge is 2.50. The smallest absolute Gasteiger partial charge is 0.0615 e. The summed E-state index contributed by atoms with van der Waals surface area (Å²) in [7, 11) is 0. The van der Waals surface area contributed by atoms with E-state index in [1.807, 2.05) is 6.08 Å². The van der Waals surface area contributed by atoms with Crippen LogP contribution in [0.15, 0.2) is 59.8 Å². The minimum absolute atomic E-state index is 0.244. The van der Waals surface area contributed by atoms with Gasteiger partial charge in [-0.15, -0.1) is 0 Å². The molecule has 0 aliphatic heterocycles. The van der Waals surface area contributed by atoms with Gasteiger partial charge in [0.2, 0.25) is 0 Å². The van der Waals surface area contributed by atoms with E-state index >= 15 is 0 Å². The first-order valence-electron chi connectivity index (χ1n) is 12.3. The van der Waals surface area contributed by atoms with E-state index < -0.39 is 0 Å². The average Bonchev–Trinajstić information content (AvgIpc) is 3.07. The maximum absolute atomic E-state index is 10.1. The summed E-state index contributed by atoms with van der Waals surface area (Å²) in [6.45, 7) is 16.0. The van der Waals surface area contributed by atoms with E-state index in [0.717, 1.165) is 24.7 Å². The zero-order valence-corrected chi connectivity index (χ0v) is 20.0. The maximum atomic E-state index is 10.1. The highest BCUT2D eigenvalue weighted by Crippen LogP contribution is 2.59. The molecule has 0 saturated heterocycles. The Morgan fingerprint density at radius 2 is 1.90 bits per heavy atom. The highest BCUT2D eigenvalue weighted by molar-refractivity contribution is 5.44. The van der Waals surface area contributed by atoms with Gasteiger partial charge in [0.15, 0.2) is 0 Å². The molecule has 0 bridgehead atoms. The summed E-state index contributed by atoms with van der Waals surface area (Å²) >= 11 is 0. The Morgan fingerprint density at radius 1 is 1.13 bits per heavy atom. The fourth-order valence-corrected chi connectivity index (χ4v) is 6.29. The number of hydrogen-bond acceptors (Lipinski definition) is 1. The van der Waals surface area contributed by atoms with Gasteiger partial charge in [-0.05, 0) is 91.1 Å². The number of hydrogen-bond donors (Lipinski definition) is 1. The van der Waals surface area contributed by atoms with Gasteiger partial charge in [-0.25, -0.2) is 0 Å². The van der Waals surface area contributed by atoms with Crippen LogP contribution in [0.1, 0.15) is 79.6 Å². The Morgan fingerprint density at radius 3 is 2.60 bits per heavy atom. The molecule has 1 nitrogen and oxygen atoms in total. The van der Waals surface area contributed by atoms with Crippen LogP contribution in [0.2, 0.25) is 0 Å². The van der Waals surface area contributed by atoms with Crippen LogP contribution in [-0.4, -0.2) is 11.2 Å². The minimum atomic E-state index is -0.244. The highest BCUT2D eigenvalue weighted by atomic mass is 16.3. The lowest BCUT2D eigenvalue weighted by atomic mass is 9.61. The lowest BCUT2D eigenvalue weighted by Gasteiger charge is -2.44. The Kier molecular flexibility index (Phi) is 7.66. The van der Waals surface area contributed by atoms with Crippen molar-refractivity contribution in [2.24, 2.45) is 35.0 Å². The van der Waals surface area contributed by atoms with Gasteiger partial charge in [-0.2, -0.15) is 0 Å². The minimum Gasteiger partial charge on any atom is -0.392 e. The van der Waals surface area contributed by atoms with Gasteiger partial charge in [0, 0.05) is 0 Å². The van der Waals surface area contributed by atoms with Crippen molar-refractivity contribution in [2.75, 3.05) is 0 Å². The van der Waals surface area contributed by atoms with Gasteiger partial charge in [-0.1, -0.05) is 83.2 Å². The second-order valence-corrected chi connectivity index (χ2v) is 10.8. The summed E-state index contributed by atoms with van der Waals surface area (Å²) in [5.74, 6) is 3.53. The van der Waals surface area contributed by atoms with Gasteiger partial charge in [-0.3, -0.25) is 0 Å². The summed E-state index contributed by atoms with van der Waals surface area (Å²) < 4.78 is 0. The molecule has 0 unspecified atom stereocenters. The van der Waals surface area contributed by atoms with E-state index in [2.05, 4.69) is 71.6 Å². The molecule has 0 heterocycles. The summed E-state index contributed by atoms with van der Waals surface area (Å²) in [4.78, 5) is 0. The summed E-state index contributed by atoms with van der Waals surface area (Å²) in [6.07, 6.45) is 21.6. The Balaban J connectivity index is 1.78. The Labute approximate surface area is 185 Å². The molecule has 0 spiro atoms. The first-order valence-corrected chi connectivity index (χ1v) is 12.3. The number of aliphatic hydroxyl groups is 1. The molecule has 2 saturated carbocycles. The van der Waals surface area contributed by atoms with Crippen molar-refractivity contribution in [3.8, 4) is 0 Å². The molecule has 3 aliphatic carbocycles. The second kappa shape index (κ2) is 9.86. The van der Waals surface area contributed by atoms with Crippen molar-refractivity contribution >= 4 is 0 Å². The average molecular weight is 409 g/mol. The quantitative estimate of drug-likeness (QED) is 0.444. The van der Waals surface area contributed by atoms with Crippen LogP contribution >= 0.6 is 0 Å². The van der Waals surface area contributed by atoms with Crippen molar-refractivity contribution < 1.29 is 5.11 Å². The standard InChI is InChI=1S/C29H44O/c1-7-23-14-15-26(30)19-25(23)13-12-24-9-8-18-29(6)27(16-17-28(24)29)22(5)11-10-21(4)20(2)3/h7,10-14,20-22,26-28,30H,1,8-9,15-19H2,2-6H3/b11-10+,24-12+,25-13+/t21-,22+,26-,27+,28-,29+/m0/s1. The zero-order valence-electron chi connectivity index (χ0n) is 20.0. The van der Waals surface area contributed by atoms with E-state index in [-0.39, 0.29) is 6.10 Å². The molecule has 166 valence electrons. The molecule has 6 atom stereocenters. The largest absolute Gasteiger partial charge is 0.392 e. The van der Waals surface area contributed by atoms with Crippen LogP contribution in [0.5, 0.6) is 0 Å². The maximum Gasteiger partial charge on any atom is 0.0615 e. The van der Waals surface area contributed by atoms with Crippen LogP contribution in [0.3, 0.4) is 0 Å². The molecular weight excluding hydrogens is 364 g/mol. The molecule has 0 aromatic carbocycles. The molecule has 1 heteroatoms. The van der Waals surface area contributed by atoms with Crippen LogP contribution in [-0.2, 0) is 0 Å². The van der Waals surface area contributed by atoms with Gasteiger partial charge in [0.1, 0.15) is 0 Å². The molecule has 0 radical (unpaired) electrons. The van der Waals surface area contributed by atoms with E-state index in [1.165, 1.54) is 43.3 Å². The summed E-state index contributed by atoms with van der Waals surface area (Å²) in [5.41, 5.74) is 4.53. The van der Waals surface area contributed by atoms with Gasteiger partial charge in [0.25, 0.3) is 0 Å². The first kappa shape index (κ1) is 23.3. The van der Waals surface area contributed by atoms with Crippen molar-refractivity contribution in [3.63, 3.8) is 0 Å². The van der Waals surface area contributed by atoms with E-state index in [4.69, 9.17) is 0 Å². The number of allylic oxidation sites excluding steroid dienone is 7. The van der Waals surface area contributed by atoms with Crippen LogP contribution in [0.25, 0.3) is 0 Å². The zero-order chi connectivity index (χ0) is 21.9. The Bertz CT molecular complexity index is 733. The Hall–Kier alpha value is -1.34. The molecule has 3 rings (SSSR count). The molecule has 1 N–H and O–H groups in total. The van der Waals surface area contributed by atoms with E-state index in [1.54, 1.807) is 5.57 Å². The van der Waals surface area contributed by atoms with Crippen molar-refractivity contribution in [2.45, 2.75) is 85.7 Å². The molecular formula is C29H44O. The van der Waals surface area contributed by atoms with E-state index in [9.17, 15) is 5.11 Å². The van der Waals surface area contributed by atoms with Crippen molar-refractivity contribution in [1.29, 1.82) is 0 Å². The lowest BCUT2D eigenvalue weighted by molar-refractivity contribution is 0.112. The van der Waals surface area contributed by atoms with Gasteiger partial charge >= 0.3 is 0 Å². The van der Waals surface area contributed by atoms with Crippen molar-refractivity contribution in [1.82, 2.24) is 0 Å². The molecule has 2 fully saturated rings. The molecule has 30 heavy (non-hydrogen) atoms. The second-order valence-electron chi connectivity index (χ2n) is 10.8. The van der Waals surface area contributed by atoms with E-state index in [0.29, 0.717) is 23.2 Å². The fourth-order valence-electron chi connectivity index (χ4n) is 6.29. The molecule has 0 aromatic heterocycles. The van der Waals surface area contributed by atoms with Gasteiger partial charge < -0.3 is 5.11 Å². The molecule has 3 aliphatic rings. The molecule has 0 amide bonds. The van der Waals surface area contributed by atoms with Crippen LogP contribution in [0, 0.1) is 35.0 Å². The predicted molar refractivity (Wildman–Crippen MR) is 130 cm³/mol. The van der Waals surface area contributed by atoms with Crippen molar-refractivity contribution in [3.05, 3.63) is 59.8 Å². The normalized spacial score (nSPS) is 36.9. The molecule has 0 aromatic rings. The van der Waals surface area contributed by atoms with Gasteiger partial charge in [0.05, 0.1) is 6.10 Å². The fraction of sp³-hybridized carbons (Fsp3) is 0.655. The van der Waals surface area contributed by atoms with Crippen LogP contribution in [0.4, 0.5) is 0 Å².